The molecule has 0 bridgehead atoms. The van der Waals surface area contributed by atoms with Gasteiger partial charge in [-0.25, -0.2) is 9.67 Å². The van der Waals surface area contributed by atoms with Crippen LogP contribution in [0.15, 0.2) is 61.1 Å². The molecule has 0 saturated heterocycles. The van der Waals surface area contributed by atoms with Gasteiger partial charge in [-0.1, -0.05) is 48.0 Å². The van der Waals surface area contributed by atoms with Gasteiger partial charge in [0.1, 0.15) is 11.3 Å². The minimum atomic E-state index is 0.549. The van der Waals surface area contributed by atoms with Crippen LogP contribution in [0.2, 0.25) is 0 Å². The van der Waals surface area contributed by atoms with Crippen molar-refractivity contribution in [3.05, 3.63) is 89.1 Å². The van der Waals surface area contributed by atoms with Crippen molar-refractivity contribution in [3.63, 3.8) is 0 Å². The molecule has 1 aromatic carbocycles. The summed E-state index contributed by atoms with van der Waals surface area (Å²) in [7, 11) is 0. The Kier molecular flexibility index (Phi) is 6.13. The fourth-order valence-corrected chi connectivity index (χ4v) is 4.36. The molecule has 3 heterocycles. The molecule has 7 nitrogen and oxygen atoms in total. The zero-order chi connectivity index (χ0) is 22.6. The maximum absolute atomic E-state index is 7.70. The third-order valence-electron chi connectivity index (χ3n) is 6.38. The Labute approximate surface area is 193 Å². The van der Waals surface area contributed by atoms with E-state index in [1.165, 1.54) is 31.0 Å². The minimum Gasteiger partial charge on any atom is -0.312 e. The van der Waals surface area contributed by atoms with Crippen LogP contribution in [0.1, 0.15) is 54.3 Å². The average Bonchev–Trinajstić information content (AvgIpc) is 3.42. The molecule has 1 aliphatic rings. The van der Waals surface area contributed by atoms with E-state index in [0.29, 0.717) is 6.54 Å². The normalized spacial score (nSPS) is 14.5. The second-order valence-corrected chi connectivity index (χ2v) is 8.70. The summed E-state index contributed by atoms with van der Waals surface area (Å²) in [6, 6.07) is 12.1. The lowest BCUT2D eigenvalue weighted by Crippen LogP contribution is -2.26. The molecule has 0 unspecified atom stereocenters. The van der Waals surface area contributed by atoms with Crippen molar-refractivity contribution in [2.24, 2.45) is 5.92 Å². The van der Waals surface area contributed by atoms with E-state index in [1.807, 2.05) is 48.1 Å². The predicted octanol–water partition coefficient (Wildman–Crippen LogP) is 4.31. The maximum atomic E-state index is 7.70. The zero-order valence-corrected chi connectivity index (χ0v) is 18.9. The molecule has 0 amide bonds. The van der Waals surface area contributed by atoms with Crippen molar-refractivity contribution in [2.45, 2.75) is 39.3 Å². The van der Waals surface area contributed by atoms with Crippen LogP contribution in [0.4, 0.5) is 0 Å². The van der Waals surface area contributed by atoms with Gasteiger partial charge in [0, 0.05) is 30.7 Å². The Bertz CT molecular complexity index is 1290. The first-order chi connectivity index (χ1) is 16.2. The van der Waals surface area contributed by atoms with Crippen LogP contribution >= 0.6 is 0 Å². The molecular weight excluding hydrogens is 410 g/mol. The molecule has 0 spiro atoms. The fourth-order valence-electron chi connectivity index (χ4n) is 4.36. The van der Waals surface area contributed by atoms with Crippen LogP contribution in [0, 0.1) is 11.3 Å². The molecule has 0 atom stereocenters. The molecule has 1 aliphatic carbocycles. The lowest BCUT2D eigenvalue weighted by molar-refractivity contribution is 0.301. The molecule has 1 fully saturated rings. The van der Waals surface area contributed by atoms with Gasteiger partial charge in [0.2, 0.25) is 0 Å². The highest BCUT2D eigenvalue weighted by Crippen LogP contribution is 2.25. The number of nitrogens with zero attached hydrogens (tertiary/aromatic N) is 5. The van der Waals surface area contributed by atoms with Gasteiger partial charge in [0.15, 0.2) is 0 Å². The number of nitrogens with one attached hydrogen (secondary N) is 2. The minimum absolute atomic E-state index is 0.549. The molecule has 1 saturated carbocycles. The van der Waals surface area contributed by atoms with Gasteiger partial charge in [-0.3, -0.25) is 0 Å². The first kappa shape index (κ1) is 21.3. The SMILES string of the molecule is C/C=C(/c1cn(Cc2cn3cc(CNCC4CCC4)ccc3n2)nn1)c1ccccc1C=N. The number of hydrogen-bond donors (Lipinski definition) is 2. The van der Waals surface area contributed by atoms with Gasteiger partial charge in [0.25, 0.3) is 0 Å². The van der Waals surface area contributed by atoms with Gasteiger partial charge in [-0.15, -0.1) is 5.10 Å². The van der Waals surface area contributed by atoms with Crippen molar-refractivity contribution in [1.82, 2.24) is 29.7 Å². The van der Waals surface area contributed by atoms with Crippen molar-refractivity contribution >= 4 is 17.4 Å². The molecule has 3 aromatic heterocycles. The van der Waals surface area contributed by atoms with Crippen molar-refractivity contribution in [2.75, 3.05) is 6.54 Å². The number of pyridine rings is 1. The quantitative estimate of drug-likeness (QED) is 0.381. The lowest BCUT2D eigenvalue weighted by atomic mass is 9.85. The Balaban J connectivity index is 1.29. The number of hydrogen-bond acceptors (Lipinski definition) is 5. The van der Waals surface area contributed by atoms with E-state index >= 15 is 0 Å². The van der Waals surface area contributed by atoms with Gasteiger partial charge < -0.3 is 15.1 Å². The Hall–Kier alpha value is -3.58. The van der Waals surface area contributed by atoms with Crippen molar-refractivity contribution in [1.29, 1.82) is 5.41 Å². The number of benzene rings is 1. The third kappa shape index (κ3) is 4.64. The monoisotopic (exact) mass is 439 g/mol. The van der Waals surface area contributed by atoms with Crippen LogP contribution < -0.4 is 5.32 Å². The fraction of sp³-hybridized carbons (Fsp3) is 0.308. The summed E-state index contributed by atoms with van der Waals surface area (Å²) in [6.45, 7) is 4.53. The molecule has 168 valence electrons. The van der Waals surface area contributed by atoms with Crippen LogP contribution in [-0.4, -0.2) is 37.1 Å². The molecule has 33 heavy (non-hydrogen) atoms. The topological polar surface area (TPSA) is 83.9 Å². The summed E-state index contributed by atoms with van der Waals surface area (Å²) in [5.41, 5.74) is 6.72. The van der Waals surface area contributed by atoms with E-state index < -0.39 is 0 Å². The Morgan fingerprint density at radius 2 is 2.03 bits per heavy atom. The summed E-state index contributed by atoms with van der Waals surface area (Å²) < 4.78 is 3.90. The number of aromatic nitrogens is 5. The molecular formula is C26H29N7. The largest absolute Gasteiger partial charge is 0.312 e. The molecule has 4 aromatic rings. The lowest BCUT2D eigenvalue weighted by Gasteiger charge is -2.25. The van der Waals surface area contributed by atoms with E-state index in [9.17, 15) is 0 Å². The van der Waals surface area contributed by atoms with Gasteiger partial charge in [-0.2, -0.15) is 0 Å². The Morgan fingerprint density at radius 1 is 1.15 bits per heavy atom. The maximum Gasteiger partial charge on any atom is 0.137 e. The smallest absolute Gasteiger partial charge is 0.137 e. The molecule has 2 N–H and O–H groups in total. The highest BCUT2D eigenvalue weighted by Gasteiger charge is 2.16. The summed E-state index contributed by atoms with van der Waals surface area (Å²) >= 11 is 0. The molecule has 5 rings (SSSR count). The summed E-state index contributed by atoms with van der Waals surface area (Å²) in [6.07, 6.45) is 13.7. The zero-order valence-electron chi connectivity index (χ0n) is 18.9. The summed E-state index contributed by atoms with van der Waals surface area (Å²) in [5.74, 6) is 0.864. The highest BCUT2D eigenvalue weighted by molar-refractivity contribution is 5.90. The predicted molar refractivity (Wildman–Crippen MR) is 130 cm³/mol. The first-order valence-electron chi connectivity index (χ1n) is 11.6. The number of rotatable bonds is 9. The van der Waals surface area contributed by atoms with Crippen LogP contribution in [0.25, 0.3) is 11.2 Å². The number of fused-ring (bicyclic) bond motifs is 1. The summed E-state index contributed by atoms with van der Waals surface area (Å²) in [5, 5.41) is 20.0. The standard InChI is InChI=1S/C26H29N7/c1-2-23(24-9-4-3-8-21(24)12-27)25-18-33(31-30-25)17-22-16-32-15-20(10-11-26(32)29-22)14-28-13-19-6-5-7-19/h2-4,8-12,15-16,18-19,27-28H,5-7,13-14,17H2,1H3/b23-2+,27-12?. The Morgan fingerprint density at radius 3 is 2.82 bits per heavy atom. The third-order valence-corrected chi connectivity index (χ3v) is 6.38. The second-order valence-electron chi connectivity index (χ2n) is 8.70. The van der Waals surface area contributed by atoms with E-state index in [0.717, 1.165) is 52.7 Å². The average molecular weight is 440 g/mol. The van der Waals surface area contributed by atoms with Crippen LogP contribution in [-0.2, 0) is 13.1 Å². The van der Waals surface area contributed by atoms with Crippen molar-refractivity contribution < 1.29 is 0 Å². The highest BCUT2D eigenvalue weighted by atomic mass is 15.4. The second kappa shape index (κ2) is 9.50. The van der Waals surface area contributed by atoms with E-state index in [2.05, 4.69) is 44.6 Å². The summed E-state index contributed by atoms with van der Waals surface area (Å²) in [4.78, 5) is 4.75. The van der Waals surface area contributed by atoms with Crippen LogP contribution in [0.3, 0.4) is 0 Å². The van der Waals surface area contributed by atoms with Gasteiger partial charge in [0.05, 0.1) is 18.4 Å². The number of allylic oxidation sites excluding steroid dienone is 1. The molecule has 0 radical (unpaired) electrons. The number of imidazole rings is 1. The molecule has 0 aliphatic heterocycles. The first-order valence-corrected chi connectivity index (χ1v) is 11.6. The van der Waals surface area contributed by atoms with Gasteiger partial charge in [-0.05, 0) is 55.0 Å². The van der Waals surface area contributed by atoms with Crippen molar-refractivity contribution in [3.8, 4) is 0 Å². The van der Waals surface area contributed by atoms with E-state index in [-0.39, 0.29) is 0 Å². The van der Waals surface area contributed by atoms with Gasteiger partial charge >= 0.3 is 0 Å². The molecule has 7 heteroatoms. The van der Waals surface area contributed by atoms with E-state index in [1.54, 1.807) is 0 Å². The van der Waals surface area contributed by atoms with Crippen LogP contribution in [0.5, 0.6) is 0 Å². The van der Waals surface area contributed by atoms with E-state index in [4.69, 9.17) is 10.4 Å².